The summed E-state index contributed by atoms with van der Waals surface area (Å²) in [5.41, 5.74) is 13.0. The van der Waals surface area contributed by atoms with Crippen LogP contribution >= 0.6 is 0 Å². The van der Waals surface area contributed by atoms with E-state index >= 15 is 0 Å². The topological polar surface area (TPSA) is 81.1 Å². The summed E-state index contributed by atoms with van der Waals surface area (Å²) in [5, 5.41) is 3.25. The molecule has 0 unspecified atom stereocenters. The van der Waals surface area contributed by atoms with E-state index in [4.69, 9.17) is 11.5 Å². The van der Waals surface area contributed by atoms with Gasteiger partial charge < -0.3 is 16.8 Å². The normalized spacial score (nSPS) is 11.2. The van der Waals surface area contributed by atoms with Gasteiger partial charge in [-0.2, -0.15) is 0 Å². The van der Waals surface area contributed by atoms with Gasteiger partial charge in [-0.25, -0.2) is 0 Å². The Morgan fingerprint density at radius 3 is 2.59 bits per heavy atom. The summed E-state index contributed by atoms with van der Waals surface area (Å²) in [6, 6.07) is 5.07. The zero-order valence-corrected chi connectivity index (χ0v) is 10.7. The molecule has 1 aromatic carbocycles. The Kier molecular flexibility index (Phi) is 3.99. The lowest BCUT2D eigenvalue weighted by molar-refractivity contribution is 0.100. The van der Waals surface area contributed by atoms with Gasteiger partial charge in [0, 0.05) is 17.9 Å². The number of benzene rings is 1. The average Bonchev–Trinajstić information content (AvgIpc) is 2.26. The van der Waals surface area contributed by atoms with Gasteiger partial charge >= 0.3 is 0 Å². The number of carbonyl (C=O) groups excluding carboxylic acids is 1. The van der Waals surface area contributed by atoms with Crippen LogP contribution in [0.3, 0.4) is 0 Å². The van der Waals surface area contributed by atoms with Crippen molar-refractivity contribution in [2.45, 2.75) is 27.2 Å². The molecular formula is C13H21N3O. The maximum absolute atomic E-state index is 11.3. The number of nitrogens with two attached hydrogens (primary N) is 2. The highest BCUT2D eigenvalue weighted by Gasteiger charge is 2.16. The molecule has 0 heterocycles. The molecule has 1 aromatic rings. The second-order valence-corrected chi connectivity index (χ2v) is 5.04. The minimum atomic E-state index is -0.443. The molecule has 0 aliphatic heterocycles. The Bertz CT molecular complexity index is 413. The lowest BCUT2D eigenvalue weighted by Gasteiger charge is -2.24. The van der Waals surface area contributed by atoms with Gasteiger partial charge in [0.1, 0.15) is 0 Å². The fraction of sp³-hybridized carbons (Fsp3) is 0.462. The van der Waals surface area contributed by atoms with E-state index in [1.54, 1.807) is 18.2 Å². The minimum absolute atomic E-state index is 0.166. The largest absolute Gasteiger partial charge is 0.399 e. The number of anilines is 2. The molecule has 0 radical (unpaired) electrons. The average molecular weight is 235 g/mol. The number of amides is 1. The maximum Gasteiger partial charge on any atom is 0.250 e. The number of hydrogen-bond acceptors (Lipinski definition) is 3. The summed E-state index contributed by atoms with van der Waals surface area (Å²) >= 11 is 0. The SMILES string of the molecule is CCC(C)(C)CNc1cc(N)ccc1C(N)=O. The third-order valence-corrected chi connectivity index (χ3v) is 3.02. The molecule has 0 aliphatic rings. The number of hydrogen-bond donors (Lipinski definition) is 3. The standard InChI is InChI=1S/C13H21N3O/c1-4-13(2,3)8-16-11-7-9(14)5-6-10(11)12(15)17/h5-7,16H,4,8,14H2,1-3H3,(H2,15,17). The van der Waals surface area contributed by atoms with Crippen molar-refractivity contribution in [3.63, 3.8) is 0 Å². The Labute approximate surface area is 102 Å². The van der Waals surface area contributed by atoms with Crippen LogP contribution in [-0.2, 0) is 0 Å². The van der Waals surface area contributed by atoms with Crippen molar-refractivity contribution in [1.82, 2.24) is 0 Å². The molecule has 17 heavy (non-hydrogen) atoms. The lowest BCUT2D eigenvalue weighted by Crippen LogP contribution is -2.24. The van der Waals surface area contributed by atoms with Gasteiger partial charge in [-0.05, 0) is 30.0 Å². The number of nitrogens with one attached hydrogen (secondary N) is 1. The molecule has 0 bridgehead atoms. The van der Waals surface area contributed by atoms with Crippen LogP contribution in [0.15, 0.2) is 18.2 Å². The molecule has 0 spiro atoms. The van der Waals surface area contributed by atoms with Crippen LogP contribution in [0, 0.1) is 5.41 Å². The molecule has 5 N–H and O–H groups in total. The van der Waals surface area contributed by atoms with Crippen LogP contribution < -0.4 is 16.8 Å². The van der Waals surface area contributed by atoms with Crippen molar-refractivity contribution in [2.75, 3.05) is 17.6 Å². The van der Waals surface area contributed by atoms with Crippen LogP contribution in [-0.4, -0.2) is 12.5 Å². The minimum Gasteiger partial charge on any atom is -0.399 e. The molecule has 0 aliphatic carbocycles. The Morgan fingerprint density at radius 2 is 2.06 bits per heavy atom. The zero-order chi connectivity index (χ0) is 13.1. The van der Waals surface area contributed by atoms with Gasteiger partial charge in [-0.15, -0.1) is 0 Å². The van der Waals surface area contributed by atoms with Gasteiger partial charge in [-0.1, -0.05) is 20.8 Å². The van der Waals surface area contributed by atoms with Gasteiger partial charge in [0.15, 0.2) is 0 Å². The first-order valence-electron chi connectivity index (χ1n) is 5.79. The van der Waals surface area contributed by atoms with E-state index in [2.05, 4.69) is 26.1 Å². The molecule has 1 amide bonds. The van der Waals surface area contributed by atoms with Crippen molar-refractivity contribution >= 4 is 17.3 Å². The van der Waals surface area contributed by atoms with E-state index in [0.717, 1.165) is 13.0 Å². The highest BCUT2D eigenvalue weighted by atomic mass is 16.1. The van der Waals surface area contributed by atoms with Crippen LogP contribution in [0.5, 0.6) is 0 Å². The monoisotopic (exact) mass is 235 g/mol. The summed E-state index contributed by atoms with van der Waals surface area (Å²) in [7, 11) is 0. The van der Waals surface area contributed by atoms with E-state index in [1.807, 2.05) is 0 Å². The van der Waals surface area contributed by atoms with E-state index < -0.39 is 5.91 Å². The van der Waals surface area contributed by atoms with Crippen molar-refractivity contribution in [3.05, 3.63) is 23.8 Å². The molecule has 1 rings (SSSR count). The van der Waals surface area contributed by atoms with Crippen LogP contribution in [0.25, 0.3) is 0 Å². The first-order chi connectivity index (χ1) is 7.85. The number of primary amides is 1. The second-order valence-electron chi connectivity index (χ2n) is 5.04. The van der Waals surface area contributed by atoms with E-state index in [9.17, 15) is 4.79 Å². The third kappa shape index (κ3) is 3.66. The highest BCUT2D eigenvalue weighted by Crippen LogP contribution is 2.23. The first-order valence-corrected chi connectivity index (χ1v) is 5.79. The fourth-order valence-corrected chi connectivity index (χ4v) is 1.38. The first kappa shape index (κ1) is 13.4. The van der Waals surface area contributed by atoms with Crippen molar-refractivity contribution in [2.24, 2.45) is 11.1 Å². The van der Waals surface area contributed by atoms with Gasteiger partial charge in [0.05, 0.1) is 5.56 Å². The Balaban J connectivity index is 2.89. The van der Waals surface area contributed by atoms with Gasteiger partial charge in [0.2, 0.25) is 0 Å². The number of nitrogen functional groups attached to an aromatic ring is 1. The predicted molar refractivity (Wildman–Crippen MR) is 71.9 cm³/mol. The number of rotatable bonds is 5. The zero-order valence-electron chi connectivity index (χ0n) is 10.7. The van der Waals surface area contributed by atoms with Crippen molar-refractivity contribution in [3.8, 4) is 0 Å². The van der Waals surface area contributed by atoms with E-state index in [0.29, 0.717) is 16.9 Å². The molecule has 94 valence electrons. The summed E-state index contributed by atoms with van der Waals surface area (Å²) < 4.78 is 0. The van der Waals surface area contributed by atoms with Gasteiger partial charge in [0.25, 0.3) is 5.91 Å². The molecule has 0 saturated carbocycles. The van der Waals surface area contributed by atoms with Crippen molar-refractivity contribution < 1.29 is 4.79 Å². The lowest BCUT2D eigenvalue weighted by atomic mass is 9.90. The maximum atomic E-state index is 11.3. The molecule has 0 atom stereocenters. The molecule has 0 aromatic heterocycles. The third-order valence-electron chi connectivity index (χ3n) is 3.02. The van der Waals surface area contributed by atoms with E-state index in [-0.39, 0.29) is 5.41 Å². The predicted octanol–water partition coefficient (Wildman–Crippen LogP) is 2.22. The summed E-state index contributed by atoms with van der Waals surface area (Å²) in [6.07, 6.45) is 1.05. The molecule has 0 fully saturated rings. The molecule has 4 heteroatoms. The summed E-state index contributed by atoms with van der Waals surface area (Å²) in [6.45, 7) is 7.23. The van der Waals surface area contributed by atoms with Gasteiger partial charge in [-0.3, -0.25) is 4.79 Å². The van der Waals surface area contributed by atoms with Crippen molar-refractivity contribution in [1.29, 1.82) is 0 Å². The molecular weight excluding hydrogens is 214 g/mol. The Hall–Kier alpha value is -1.71. The smallest absolute Gasteiger partial charge is 0.250 e. The highest BCUT2D eigenvalue weighted by molar-refractivity contribution is 5.99. The summed E-state index contributed by atoms with van der Waals surface area (Å²) in [4.78, 5) is 11.3. The molecule has 4 nitrogen and oxygen atoms in total. The summed E-state index contributed by atoms with van der Waals surface area (Å²) in [5.74, 6) is -0.443. The number of carbonyl (C=O) groups is 1. The quantitative estimate of drug-likeness (QED) is 0.684. The fourth-order valence-electron chi connectivity index (χ4n) is 1.38. The second kappa shape index (κ2) is 5.08. The molecule has 0 saturated heterocycles. The van der Waals surface area contributed by atoms with Crippen LogP contribution in [0.2, 0.25) is 0 Å². The Morgan fingerprint density at radius 1 is 1.41 bits per heavy atom. The van der Waals surface area contributed by atoms with Crippen LogP contribution in [0.4, 0.5) is 11.4 Å². The van der Waals surface area contributed by atoms with E-state index in [1.165, 1.54) is 0 Å². The van der Waals surface area contributed by atoms with Crippen LogP contribution in [0.1, 0.15) is 37.6 Å².